The Labute approximate surface area is 102 Å². The van der Waals surface area contributed by atoms with Gasteiger partial charge in [0.25, 0.3) is 0 Å². The minimum absolute atomic E-state index is 0.315. The van der Waals surface area contributed by atoms with Gasteiger partial charge in [-0.25, -0.2) is 0 Å². The summed E-state index contributed by atoms with van der Waals surface area (Å²) in [7, 11) is 1.94. The van der Waals surface area contributed by atoms with Crippen molar-refractivity contribution in [2.45, 2.75) is 25.8 Å². The van der Waals surface area contributed by atoms with Gasteiger partial charge in [-0.3, -0.25) is 9.69 Å². The highest BCUT2D eigenvalue weighted by atomic mass is 35.5. The van der Waals surface area contributed by atoms with Crippen LogP contribution in [-0.4, -0.2) is 23.7 Å². The van der Waals surface area contributed by atoms with E-state index in [1.807, 2.05) is 42.3 Å². The van der Waals surface area contributed by atoms with Crippen molar-refractivity contribution in [3.8, 4) is 0 Å². The summed E-state index contributed by atoms with van der Waals surface area (Å²) < 4.78 is 0. The van der Waals surface area contributed by atoms with Crippen molar-refractivity contribution < 1.29 is 4.79 Å². The molecule has 16 heavy (non-hydrogen) atoms. The Kier molecular flexibility index (Phi) is 5.50. The van der Waals surface area contributed by atoms with E-state index in [0.717, 1.165) is 24.9 Å². The molecule has 0 amide bonds. The van der Waals surface area contributed by atoms with Crippen LogP contribution in [0.5, 0.6) is 0 Å². The fraction of sp³-hybridized carbons (Fsp3) is 0.462. The molecule has 0 bridgehead atoms. The summed E-state index contributed by atoms with van der Waals surface area (Å²) in [4.78, 5) is 13.5. The molecular formula is C13H18ClNO. The quantitative estimate of drug-likeness (QED) is 0.711. The fourth-order valence-corrected chi connectivity index (χ4v) is 2.02. The molecule has 1 atom stereocenters. The van der Waals surface area contributed by atoms with Crippen molar-refractivity contribution in [1.82, 2.24) is 4.90 Å². The van der Waals surface area contributed by atoms with Gasteiger partial charge in [0.15, 0.2) is 0 Å². The summed E-state index contributed by atoms with van der Waals surface area (Å²) in [6.45, 7) is 3.02. The second-order valence-electron chi connectivity index (χ2n) is 3.95. The van der Waals surface area contributed by atoms with Crippen molar-refractivity contribution in [3.05, 3.63) is 35.9 Å². The van der Waals surface area contributed by atoms with Gasteiger partial charge in [-0.2, -0.15) is 0 Å². The van der Waals surface area contributed by atoms with Crippen molar-refractivity contribution >= 4 is 16.8 Å². The Morgan fingerprint density at radius 2 is 2.00 bits per heavy atom. The molecule has 1 unspecified atom stereocenters. The first-order valence-electron chi connectivity index (χ1n) is 5.61. The number of likely N-dealkylation sites (N-methyl/N-ethyl adjacent to an activating group) is 1. The van der Waals surface area contributed by atoms with E-state index in [0.29, 0.717) is 0 Å². The van der Waals surface area contributed by atoms with E-state index in [1.54, 1.807) is 0 Å². The third-order valence-corrected chi connectivity index (χ3v) is 2.84. The van der Waals surface area contributed by atoms with Gasteiger partial charge in [0.1, 0.15) is 6.04 Å². The monoisotopic (exact) mass is 239 g/mol. The summed E-state index contributed by atoms with van der Waals surface area (Å²) >= 11 is 5.67. The molecule has 0 aliphatic carbocycles. The van der Waals surface area contributed by atoms with Crippen LogP contribution >= 0.6 is 11.6 Å². The molecule has 1 rings (SSSR count). The lowest BCUT2D eigenvalue weighted by Crippen LogP contribution is -2.29. The number of hydrogen-bond donors (Lipinski definition) is 0. The Balaban J connectivity index is 2.79. The number of carbonyl (C=O) groups is 1. The second kappa shape index (κ2) is 6.66. The molecule has 0 spiro atoms. The van der Waals surface area contributed by atoms with Crippen LogP contribution in [0.25, 0.3) is 0 Å². The molecule has 3 heteroatoms. The lowest BCUT2D eigenvalue weighted by Gasteiger charge is -2.25. The first kappa shape index (κ1) is 13.2. The molecule has 88 valence electrons. The van der Waals surface area contributed by atoms with Crippen molar-refractivity contribution in [1.29, 1.82) is 0 Å². The topological polar surface area (TPSA) is 20.3 Å². The predicted molar refractivity (Wildman–Crippen MR) is 67.6 cm³/mol. The van der Waals surface area contributed by atoms with Gasteiger partial charge in [-0.1, -0.05) is 43.7 Å². The maximum atomic E-state index is 11.5. The number of carbonyl (C=O) groups excluding carboxylic acids is 1. The zero-order chi connectivity index (χ0) is 12.0. The number of unbranched alkanes of at least 4 members (excludes halogenated alkanes) is 1. The highest BCUT2D eigenvalue weighted by Crippen LogP contribution is 2.22. The minimum atomic E-state index is -0.325. The predicted octanol–water partition coefficient (Wildman–Crippen LogP) is 3.23. The maximum absolute atomic E-state index is 11.5. The molecule has 1 aromatic rings. The van der Waals surface area contributed by atoms with Crippen LogP contribution < -0.4 is 0 Å². The molecule has 0 radical (unpaired) electrons. The Bertz CT molecular complexity index is 326. The molecular weight excluding hydrogens is 222 g/mol. The van der Waals surface area contributed by atoms with Gasteiger partial charge in [0.2, 0.25) is 5.24 Å². The molecule has 0 aromatic heterocycles. The Morgan fingerprint density at radius 1 is 1.38 bits per heavy atom. The number of halogens is 1. The Hall–Kier alpha value is -0.860. The highest BCUT2D eigenvalue weighted by molar-refractivity contribution is 6.64. The lowest BCUT2D eigenvalue weighted by molar-refractivity contribution is -0.116. The van der Waals surface area contributed by atoms with E-state index in [9.17, 15) is 4.79 Å². The number of benzene rings is 1. The van der Waals surface area contributed by atoms with E-state index in [-0.39, 0.29) is 11.3 Å². The Morgan fingerprint density at radius 3 is 2.50 bits per heavy atom. The van der Waals surface area contributed by atoms with Crippen molar-refractivity contribution in [2.75, 3.05) is 13.6 Å². The van der Waals surface area contributed by atoms with E-state index >= 15 is 0 Å². The van der Waals surface area contributed by atoms with E-state index in [4.69, 9.17) is 11.6 Å². The smallest absolute Gasteiger partial charge is 0.243 e. The van der Waals surface area contributed by atoms with Gasteiger partial charge >= 0.3 is 0 Å². The number of nitrogens with zero attached hydrogens (tertiary/aromatic N) is 1. The van der Waals surface area contributed by atoms with Gasteiger partial charge < -0.3 is 0 Å². The SMILES string of the molecule is CCCCN(C)C(C(=O)Cl)c1ccccc1. The van der Waals surface area contributed by atoms with E-state index < -0.39 is 0 Å². The van der Waals surface area contributed by atoms with Gasteiger partial charge in [0.05, 0.1) is 0 Å². The summed E-state index contributed by atoms with van der Waals surface area (Å²) in [6, 6.07) is 9.34. The average molecular weight is 240 g/mol. The summed E-state index contributed by atoms with van der Waals surface area (Å²) in [5.74, 6) is 0. The van der Waals surface area contributed by atoms with Gasteiger partial charge in [-0.15, -0.1) is 0 Å². The maximum Gasteiger partial charge on any atom is 0.243 e. The molecule has 1 aromatic carbocycles. The average Bonchev–Trinajstić information content (AvgIpc) is 2.27. The molecule has 0 N–H and O–H groups in total. The zero-order valence-electron chi connectivity index (χ0n) is 9.82. The van der Waals surface area contributed by atoms with E-state index in [1.165, 1.54) is 0 Å². The van der Waals surface area contributed by atoms with E-state index in [2.05, 4.69) is 6.92 Å². The molecule has 0 aliphatic rings. The third-order valence-electron chi connectivity index (χ3n) is 2.64. The molecule has 0 aliphatic heterocycles. The fourth-order valence-electron chi connectivity index (χ4n) is 1.73. The first-order valence-corrected chi connectivity index (χ1v) is 5.99. The first-order chi connectivity index (χ1) is 7.66. The van der Waals surface area contributed by atoms with Gasteiger partial charge in [-0.05, 0) is 37.2 Å². The highest BCUT2D eigenvalue weighted by Gasteiger charge is 2.22. The molecule has 0 heterocycles. The minimum Gasteiger partial charge on any atom is -0.292 e. The molecule has 0 fully saturated rings. The van der Waals surface area contributed by atoms with Gasteiger partial charge in [0, 0.05) is 0 Å². The van der Waals surface area contributed by atoms with Crippen molar-refractivity contribution in [3.63, 3.8) is 0 Å². The number of rotatable bonds is 6. The van der Waals surface area contributed by atoms with Crippen LogP contribution in [0, 0.1) is 0 Å². The molecule has 0 saturated carbocycles. The van der Waals surface area contributed by atoms with Crippen LogP contribution in [0.2, 0.25) is 0 Å². The molecule has 2 nitrogen and oxygen atoms in total. The normalized spacial score (nSPS) is 12.8. The summed E-state index contributed by atoms with van der Waals surface area (Å²) in [5.41, 5.74) is 0.959. The second-order valence-corrected chi connectivity index (χ2v) is 4.32. The van der Waals surface area contributed by atoms with Crippen LogP contribution in [0.15, 0.2) is 30.3 Å². The summed E-state index contributed by atoms with van der Waals surface area (Å²) in [5, 5.41) is -0.315. The largest absolute Gasteiger partial charge is 0.292 e. The number of hydrogen-bond acceptors (Lipinski definition) is 2. The van der Waals surface area contributed by atoms with Crippen LogP contribution in [0.1, 0.15) is 31.4 Å². The van der Waals surface area contributed by atoms with Crippen LogP contribution in [-0.2, 0) is 4.79 Å². The van der Waals surface area contributed by atoms with Crippen LogP contribution in [0.4, 0.5) is 0 Å². The zero-order valence-corrected chi connectivity index (χ0v) is 10.6. The van der Waals surface area contributed by atoms with Crippen LogP contribution in [0.3, 0.4) is 0 Å². The van der Waals surface area contributed by atoms with Crippen molar-refractivity contribution in [2.24, 2.45) is 0 Å². The summed E-state index contributed by atoms with van der Waals surface area (Å²) in [6.07, 6.45) is 2.19. The lowest BCUT2D eigenvalue weighted by atomic mass is 10.1. The molecule has 0 saturated heterocycles. The standard InChI is InChI=1S/C13H18ClNO/c1-3-4-10-15(2)12(13(14)16)11-8-6-5-7-9-11/h5-9,12H,3-4,10H2,1-2H3. The third kappa shape index (κ3) is 3.62.